The number of carbonyl (C=O) groups is 9. The zero-order valence-electron chi connectivity index (χ0n) is 58.9. The molecule has 1 aromatic heterocycles. The highest BCUT2D eigenvalue weighted by atomic mass is 16.7. The first-order valence-electron chi connectivity index (χ1n) is 34.6. The van der Waals surface area contributed by atoms with Gasteiger partial charge in [0.05, 0.1) is 155 Å². The third-order valence-corrected chi connectivity index (χ3v) is 16.7. The maximum Gasteiger partial charge on any atom is 0.416 e. The molecule has 1 unspecified atom stereocenters. The number of aromatic nitrogens is 1. The number of benzene rings is 3. The second-order valence-electron chi connectivity index (χ2n) is 24.4. The highest BCUT2D eigenvalue weighted by molar-refractivity contribution is 6.13. The van der Waals surface area contributed by atoms with Crippen molar-refractivity contribution in [3.63, 3.8) is 0 Å². The average molecular weight is 1490 g/mol. The van der Waals surface area contributed by atoms with Gasteiger partial charge in [0.25, 0.3) is 23.6 Å². The van der Waals surface area contributed by atoms with Gasteiger partial charge < -0.3 is 124 Å². The molecule has 7 atom stereocenters. The summed E-state index contributed by atoms with van der Waals surface area (Å²) in [5.74, 6) is -4.75. The number of carbonyl (C=O) groups excluding carboxylic acids is 8. The molecule has 36 heteroatoms. The number of nitrogens with one attached hydrogen (secondary N) is 4. The molecule has 580 valence electrons. The van der Waals surface area contributed by atoms with Crippen molar-refractivity contribution in [1.29, 1.82) is 0 Å². The van der Waals surface area contributed by atoms with E-state index in [4.69, 9.17) is 67.3 Å². The van der Waals surface area contributed by atoms with Gasteiger partial charge in [-0.2, -0.15) is 0 Å². The molecular formula is C70H93N9O27. The zero-order valence-corrected chi connectivity index (χ0v) is 58.9. The Hall–Kier alpha value is -9.41. The second-order valence-corrected chi connectivity index (χ2v) is 24.4. The van der Waals surface area contributed by atoms with Crippen molar-refractivity contribution in [3.8, 4) is 17.2 Å². The van der Waals surface area contributed by atoms with E-state index in [1.165, 1.54) is 60.6 Å². The number of aryl methyl sites for hydroxylation is 1. The van der Waals surface area contributed by atoms with Gasteiger partial charge in [0, 0.05) is 75.3 Å². The summed E-state index contributed by atoms with van der Waals surface area (Å²) in [4.78, 5) is 119. The van der Waals surface area contributed by atoms with Crippen LogP contribution in [-0.2, 0) is 89.8 Å². The van der Waals surface area contributed by atoms with Gasteiger partial charge in [-0.05, 0) is 79.8 Å². The van der Waals surface area contributed by atoms with Gasteiger partial charge in [-0.25, -0.2) is 14.5 Å². The van der Waals surface area contributed by atoms with Crippen molar-refractivity contribution in [2.45, 2.75) is 94.5 Å². The second kappa shape index (κ2) is 42.7. The predicted octanol–water partition coefficient (Wildman–Crippen LogP) is 1.30. The van der Waals surface area contributed by atoms with Crippen LogP contribution in [0.2, 0.25) is 0 Å². The van der Waals surface area contributed by atoms with E-state index in [1.54, 1.807) is 42.1 Å². The van der Waals surface area contributed by atoms with Gasteiger partial charge in [-0.1, -0.05) is 6.07 Å². The molecule has 2 saturated heterocycles. The first-order valence-corrected chi connectivity index (χ1v) is 34.6. The van der Waals surface area contributed by atoms with E-state index < -0.39 is 91.2 Å². The van der Waals surface area contributed by atoms with Gasteiger partial charge in [0.2, 0.25) is 24.0 Å². The number of ether oxygens (including phenoxy) is 13. The topological polar surface area (TPSA) is 464 Å². The van der Waals surface area contributed by atoms with Crippen molar-refractivity contribution in [1.82, 2.24) is 19.7 Å². The molecule has 36 nitrogen and oxygen atoms in total. The van der Waals surface area contributed by atoms with Crippen molar-refractivity contribution in [2.24, 2.45) is 7.05 Å². The number of nitrogens with two attached hydrogens (primary N) is 1. The summed E-state index contributed by atoms with van der Waals surface area (Å²) < 4.78 is 74.6. The fraction of sp³-hybridized carbons (Fsp3) is 0.529. The molecule has 8 amide bonds. The normalized spacial score (nSPS) is 19.1. The fourth-order valence-corrected chi connectivity index (χ4v) is 11.2. The zero-order chi connectivity index (χ0) is 75.9. The van der Waals surface area contributed by atoms with Crippen LogP contribution in [-0.4, -0.2) is 275 Å². The molecule has 2 fully saturated rings. The molecule has 4 aromatic rings. The Bertz CT molecular complexity index is 3600. The summed E-state index contributed by atoms with van der Waals surface area (Å²) >= 11 is 0. The molecule has 0 bridgehead atoms. The van der Waals surface area contributed by atoms with E-state index in [9.17, 15) is 68.7 Å². The van der Waals surface area contributed by atoms with Crippen molar-refractivity contribution < 1.29 is 130 Å². The summed E-state index contributed by atoms with van der Waals surface area (Å²) in [6, 6.07) is 14.1. The Balaban J connectivity index is 0.742. The van der Waals surface area contributed by atoms with E-state index in [0.717, 1.165) is 9.80 Å². The van der Waals surface area contributed by atoms with Crippen LogP contribution in [0, 0.1) is 0 Å². The van der Waals surface area contributed by atoms with Gasteiger partial charge in [0.1, 0.15) is 36.4 Å². The van der Waals surface area contributed by atoms with Gasteiger partial charge in [0.15, 0.2) is 23.8 Å². The number of carboxylic acid groups (broad SMARTS) is 1. The average Bonchev–Trinajstić information content (AvgIpc) is 1.59. The number of aliphatic hydroxyl groups is 4. The number of methoxy groups -OCH3 is 1. The Morgan fingerprint density at radius 1 is 0.613 bits per heavy atom. The molecule has 0 spiro atoms. The quantitative estimate of drug-likeness (QED) is 0.0169. The number of nitrogen functional groups attached to an aromatic ring is 1. The lowest BCUT2D eigenvalue weighted by Crippen LogP contribution is -2.61. The van der Waals surface area contributed by atoms with Crippen LogP contribution in [0.25, 0.3) is 0 Å². The molecule has 11 N–H and O–H groups in total. The number of fused-ring (bicyclic) bond motifs is 2. The van der Waals surface area contributed by atoms with Gasteiger partial charge in [-0.3, -0.25) is 38.5 Å². The summed E-state index contributed by atoms with van der Waals surface area (Å²) in [6.07, 6.45) is -7.18. The van der Waals surface area contributed by atoms with E-state index in [2.05, 4.69) is 21.3 Å². The van der Waals surface area contributed by atoms with Crippen molar-refractivity contribution in [3.05, 3.63) is 95.8 Å². The molecule has 0 saturated carbocycles. The first kappa shape index (κ1) is 82.2. The van der Waals surface area contributed by atoms with Gasteiger partial charge in [-0.15, -0.1) is 0 Å². The Kier molecular flexibility index (Phi) is 33.1. The van der Waals surface area contributed by atoms with E-state index >= 15 is 0 Å². The third kappa shape index (κ3) is 24.9. The van der Waals surface area contributed by atoms with E-state index in [0.29, 0.717) is 102 Å². The van der Waals surface area contributed by atoms with Crippen LogP contribution in [0.15, 0.2) is 79.0 Å². The molecule has 0 radical (unpaired) electrons. The SMILES string of the molecule is COc1cc2c(cc1OCCCC(=O)Nc1cc(C(=O)Nc3ccc(N)cc3)n(C)c1)N(C(=O)OCc1ccc(O[C@@H]3O[C@H](C(=O)O)[C@@H](O)[C@H](O)[C@H]3O)c(NC(=O)CCOCCOCCOCCOCCOCCOCCOCCOCCNC(=O)CCN3C(=O)C=CC3=O)c1)C(O)[C@@H]1CCCCN1C2=O. The molecule has 106 heavy (non-hydrogen) atoms. The summed E-state index contributed by atoms with van der Waals surface area (Å²) in [6.45, 7) is 4.48. The first-order chi connectivity index (χ1) is 51.2. The summed E-state index contributed by atoms with van der Waals surface area (Å²) in [5.41, 5.74) is 7.53. The number of piperidine rings is 1. The Morgan fingerprint density at radius 2 is 1.22 bits per heavy atom. The van der Waals surface area contributed by atoms with Gasteiger partial charge >= 0.3 is 12.1 Å². The number of hydrogen-bond donors (Lipinski definition) is 10. The number of aliphatic carboxylic acids is 1. The number of amides is 8. The smallest absolute Gasteiger partial charge is 0.416 e. The fourth-order valence-electron chi connectivity index (χ4n) is 11.2. The lowest BCUT2D eigenvalue weighted by Gasteiger charge is -2.38. The van der Waals surface area contributed by atoms with E-state index in [-0.39, 0.29) is 149 Å². The largest absolute Gasteiger partial charge is 0.493 e. The lowest BCUT2D eigenvalue weighted by atomic mass is 9.99. The molecule has 4 aliphatic heterocycles. The number of imide groups is 1. The maximum atomic E-state index is 14.6. The predicted molar refractivity (Wildman–Crippen MR) is 373 cm³/mol. The minimum absolute atomic E-state index is 0.00895. The number of anilines is 5. The minimum atomic E-state index is -2.03. The van der Waals surface area contributed by atoms with Crippen molar-refractivity contribution in [2.75, 3.05) is 166 Å². The van der Waals surface area contributed by atoms with E-state index in [1.807, 2.05) is 0 Å². The number of aliphatic hydroxyl groups excluding tert-OH is 4. The monoisotopic (exact) mass is 1490 g/mol. The molecule has 3 aromatic carbocycles. The highest BCUT2D eigenvalue weighted by Crippen LogP contribution is 2.42. The van der Waals surface area contributed by atoms with Crippen LogP contribution in [0.4, 0.5) is 33.2 Å². The van der Waals surface area contributed by atoms with Crippen LogP contribution in [0.1, 0.15) is 71.4 Å². The Morgan fingerprint density at radius 3 is 1.83 bits per heavy atom. The van der Waals surface area contributed by atoms with Crippen LogP contribution >= 0.6 is 0 Å². The number of hydrogen-bond acceptors (Lipinski definition) is 27. The standard InChI is InChI=1S/C70H93N9O27/c1-76-42-47(39-52(76)65(88)74-46-11-9-45(71)10-12-46)73-57(81)7-5-21-103-55-41-51-48(40-54(55)94-2)66(89)77-19-4-3-6-50(77)67(90)79(51)70(93)104-43-44-8-13-53(105-69-63(87)61(85)62(86)64(106-69)68(91)92)49(38-44)75-58(82)17-22-95-24-26-97-28-30-99-32-34-101-36-37-102-35-33-100-31-29-98-27-25-96-23-18-72-56(80)16-20-78-59(83)14-15-60(78)84/h8-15,38-42,50,61-64,67,69,85-87,90H,3-7,16-37,43,71H2,1-2H3,(H,72,80)(H,73,81)(H,74,88)(H,75,82)(H,91,92)/t50-,61-,62-,63+,64-,67?,69+/m0/s1. The van der Waals surface area contributed by atoms with Crippen LogP contribution in [0.5, 0.6) is 17.2 Å². The third-order valence-electron chi connectivity index (χ3n) is 16.7. The van der Waals surface area contributed by atoms with Crippen LogP contribution in [0.3, 0.4) is 0 Å². The number of rotatable bonds is 45. The molecular weight excluding hydrogens is 1400 g/mol. The highest BCUT2D eigenvalue weighted by Gasteiger charge is 2.49. The molecule has 5 heterocycles. The van der Waals surface area contributed by atoms with Crippen molar-refractivity contribution >= 4 is 81.8 Å². The number of nitrogens with zero attached hydrogens (tertiary/aromatic N) is 4. The summed E-state index contributed by atoms with van der Waals surface area (Å²) in [7, 11) is 3.02. The Labute approximate surface area is 610 Å². The molecule has 4 aliphatic rings. The lowest BCUT2D eigenvalue weighted by molar-refractivity contribution is -0.271. The molecule has 0 aliphatic carbocycles. The molecule has 8 rings (SSSR count). The van der Waals surface area contributed by atoms with Crippen LogP contribution < -0.4 is 46.1 Å². The number of carboxylic acids is 1. The maximum absolute atomic E-state index is 14.6. The minimum Gasteiger partial charge on any atom is -0.493 e. The summed E-state index contributed by atoms with van der Waals surface area (Å²) in [5, 5.41) is 64.4.